The van der Waals surface area contributed by atoms with E-state index in [0.29, 0.717) is 11.5 Å². The molecule has 0 spiro atoms. The number of rotatable bonds is 3. The molecule has 0 saturated carbocycles. The highest BCUT2D eigenvalue weighted by molar-refractivity contribution is 5.38. The first kappa shape index (κ1) is 13.9. The van der Waals surface area contributed by atoms with E-state index < -0.39 is 0 Å². The van der Waals surface area contributed by atoms with Gasteiger partial charge in [-0.3, -0.25) is 0 Å². The van der Waals surface area contributed by atoms with E-state index in [1.807, 2.05) is 0 Å². The van der Waals surface area contributed by atoms with Crippen molar-refractivity contribution in [3.63, 3.8) is 0 Å². The molecule has 1 heteroatoms. The molecular weight excluding hydrogens is 242 g/mol. The van der Waals surface area contributed by atoms with Crippen molar-refractivity contribution in [3.8, 4) is 0 Å². The first-order valence-electron chi connectivity index (χ1n) is 8.14. The molecule has 20 heavy (non-hydrogen) atoms. The van der Waals surface area contributed by atoms with Crippen LogP contribution in [0.4, 0.5) is 0 Å². The fourth-order valence-corrected chi connectivity index (χ4v) is 3.78. The molecule has 0 fully saturated rings. The molecule has 2 unspecified atom stereocenters. The molecule has 1 N–H and O–H groups in total. The average molecular weight is 269 g/mol. The van der Waals surface area contributed by atoms with Gasteiger partial charge in [0, 0.05) is 6.04 Å². The summed E-state index contributed by atoms with van der Waals surface area (Å²) < 4.78 is 0. The van der Waals surface area contributed by atoms with Crippen LogP contribution in [0.5, 0.6) is 0 Å². The van der Waals surface area contributed by atoms with Crippen LogP contribution in [0.25, 0.3) is 0 Å². The van der Waals surface area contributed by atoms with Crippen molar-refractivity contribution >= 4 is 0 Å². The summed E-state index contributed by atoms with van der Waals surface area (Å²) in [5.41, 5.74) is 3.42. The van der Waals surface area contributed by atoms with Crippen molar-refractivity contribution in [2.75, 3.05) is 6.54 Å². The molecule has 2 aliphatic carbocycles. The number of fused-ring (bicyclic) bond motifs is 1. The summed E-state index contributed by atoms with van der Waals surface area (Å²) in [6, 6.07) is 9.60. The average Bonchev–Trinajstić information content (AvgIpc) is 2.48. The van der Waals surface area contributed by atoms with Gasteiger partial charge in [-0.25, -0.2) is 0 Å². The van der Waals surface area contributed by atoms with E-state index in [1.165, 1.54) is 44.2 Å². The SMILES string of the molecule is CC1(C)CCC(NCC2CC=CCC2)c2ccccc21. The van der Waals surface area contributed by atoms with Crippen LogP contribution in [0.2, 0.25) is 0 Å². The predicted octanol–water partition coefficient (Wildman–Crippen LogP) is 4.75. The topological polar surface area (TPSA) is 12.0 Å². The van der Waals surface area contributed by atoms with Gasteiger partial charge in [0.25, 0.3) is 0 Å². The van der Waals surface area contributed by atoms with Gasteiger partial charge in [0.1, 0.15) is 0 Å². The Morgan fingerprint density at radius 1 is 1.15 bits per heavy atom. The highest BCUT2D eigenvalue weighted by Crippen LogP contribution is 2.41. The Bertz CT molecular complexity index is 486. The second-order valence-electron chi connectivity index (χ2n) is 7.12. The van der Waals surface area contributed by atoms with E-state index >= 15 is 0 Å². The number of hydrogen-bond acceptors (Lipinski definition) is 1. The maximum atomic E-state index is 3.85. The van der Waals surface area contributed by atoms with Gasteiger partial charge in [0.15, 0.2) is 0 Å². The van der Waals surface area contributed by atoms with Crippen molar-refractivity contribution in [3.05, 3.63) is 47.5 Å². The maximum absolute atomic E-state index is 3.85. The first-order valence-corrected chi connectivity index (χ1v) is 8.14. The van der Waals surface area contributed by atoms with E-state index in [0.717, 1.165) is 5.92 Å². The molecular formula is C19H27N. The van der Waals surface area contributed by atoms with Crippen LogP contribution in [0, 0.1) is 5.92 Å². The molecule has 0 saturated heterocycles. The monoisotopic (exact) mass is 269 g/mol. The third-order valence-corrected chi connectivity index (χ3v) is 5.15. The van der Waals surface area contributed by atoms with Crippen LogP contribution in [0.15, 0.2) is 36.4 Å². The summed E-state index contributed by atoms with van der Waals surface area (Å²) in [7, 11) is 0. The smallest absolute Gasteiger partial charge is 0.0323 e. The fraction of sp³-hybridized carbons (Fsp3) is 0.579. The molecule has 1 nitrogen and oxygen atoms in total. The highest BCUT2D eigenvalue weighted by atomic mass is 14.9. The molecule has 0 aromatic heterocycles. The minimum Gasteiger partial charge on any atom is -0.310 e. The number of nitrogens with one attached hydrogen (secondary N) is 1. The van der Waals surface area contributed by atoms with Crippen LogP contribution >= 0.6 is 0 Å². The van der Waals surface area contributed by atoms with Gasteiger partial charge in [-0.1, -0.05) is 50.3 Å². The summed E-state index contributed by atoms with van der Waals surface area (Å²) in [5, 5.41) is 3.85. The van der Waals surface area contributed by atoms with Gasteiger partial charge < -0.3 is 5.32 Å². The van der Waals surface area contributed by atoms with Gasteiger partial charge in [-0.2, -0.15) is 0 Å². The lowest BCUT2D eigenvalue weighted by Gasteiger charge is -2.38. The van der Waals surface area contributed by atoms with E-state index in [4.69, 9.17) is 0 Å². The molecule has 2 atom stereocenters. The largest absolute Gasteiger partial charge is 0.310 e. The minimum atomic E-state index is 0.336. The lowest BCUT2D eigenvalue weighted by atomic mass is 9.71. The Morgan fingerprint density at radius 2 is 2.00 bits per heavy atom. The van der Waals surface area contributed by atoms with Crippen molar-refractivity contribution in [2.24, 2.45) is 5.92 Å². The lowest BCUT2D eigenvalue weighted by molar-refractivity contribution is 0.333. The number of allylic oxidation sites excluding steroid dienone is 2. The van der Waals surface area contributed by atoms with Gasteiger partial charge >= 0.3 is 0 Å². The van der Waals surface area contributed by atoms with E-state index in [1.54, 1.807) is 5.56 Å². The van der Waals surface area contributed by atoms with Crippen molar-refractivity contribution in [2.45, 2.75) is 57.4 Å². The molecule has 2 aliphatic rings. The summed E-state index contributed by atoms with van der Waals surface area (Å²) in [6.07, 6.45) is 11.1. The van der Waals surface area contributed by atoms with Crippen LogP contribution < -0.4 is 5.32 Å². The summed E-state index contributed by atoms with van der Waals surface area (Å²) >= 11 is 0. The Hall–Kier alpha value is -1.08. The van der Waals surface area contributed by atoms with E-state index in [-0.39, 0.29) is 0 Å². The molecule has 0 aliphatic heterocycles. The molecule has 1 aromatic carbocycles. The van der Waals surface area contributed by atoms with Gasteiger partial charge in [0.2, 0.25) is 0 Å². The summed E-state index contributed by atoms with van der Waals surface area (Å²) in [6.45, 7) is 5.94. The zero-order valence-electron chi connectivity index (χ0n) is 12.9. The van der Waals surface area contributed by atoms with Crippen LogP contribution in [0.1, 0.15) is 63.1 Å². The molecule has 0 radical (unpaired) electrons. The van der Waals surface area contributed by atoms with Crippen LogP contribution in [-0.2, 0) is 5.41 Å². The van der Waals surface area contributed by atoms with Crippen molar-refractivity contribution in [1.82, 2.24) is 5.32 Å². The lowest BCUT2D eigenvalue weighted by Crippen LogP contribution is -2.35. The molecule has 108 valence electrons. The zero-order chi connectivity index (χ0) is 14.0. The Kier molecular flexibility index (Phi) is 3.98. The standard InChI is InChI=1S/C19H27N/c1-19(2)13-12-18(16-10-6-7-11-17(16)19)20-14-15-8-4-3-5-9-15/h3-4,6-7,10-11,15,18,20H,5,8-9,12-14H2,1-2H3. The van der Waals surface area contributed by atoms with E-state index in [2.05, 4.69) is 55.6 Å². The minimum absolute atomic E-state index is 0.336. The molecule has 0 bridgehead atoms. The third kappa shape index (κ3) is 2.83. The van der Waals surface area contributed by atoms with Crippen LogP contribution in [-0.4, -0.2) is 6.54 Å². The second-order valence-corrected chi connectivity index (χ2v) is 7.12. The third-order valence-electron chi connectivity index (χ3n) is 5.15. The molecule has 3 rings (SSSR count). The molecule has 0 amide bonds. The molecule has 0 heterocycles. The van der Waals surface area contributed by atoms with Crippen molar-refractivity contribution < 1.29 is 0 Å². The summed E-state index contributed by atoms with van der Waals surface area (Å²) in [5.74, 6) is 0.835. The quantitative estimate of drug-likeness (QED) is 0.781. The van der Waals surface area contributed by atoms with Gasteiger partial charge in [-0.05, 0) is 61.1 Å². The second kappa shape index (κ2) is 5.73. The Morgan fingerprint density at radius 3 is 2.80 bits per heavy atom. The summed E-state index contributed by atoms with van der Waals surface area (Å²) in [4.78, 5) is 0. The first-order chi connectivity index (χ1) is 9.67. The number of benzene rings is 1. The maximum Gasteiger partial charge on any atom is 0.0323 e. The fourth-order valence-electron chi connectivity index (χ4n) is 3.78. The number of hydrogen-bond donors (Lipinski definition) is 1. The van der Waals surface area contributed by atoms with Gasteiger partial charge in [-0.15, -0.1) is 0 Å². The van der Waals surface area contributed by atoms with Crippen LogP contribution in [0.3, 0.4) is 0 Å². The Balaban J connectivity index is 1.70. The highest BCUT2D eigenvalue weighted by Gasteiger charge is 2.32. The van der Waals surface area contributed by atoms with Crippen molar-refractivity contribution in [1.29, 1.82) is 0 Å². The van der Waals surface area contributed by atoms with E-state index in [9.17, 15) is 0 Å². The molecule has 1 aromatic rings. The predicted molar refractivity (Wildman–Crippen MR) is 85.9 cm³/mol. The normalized spacial score (nSPS) is 28.1. The zero-order valence-corrected chi connectivity index (χ0v) is 12.9. The Labute approximate surface area is 123 Å². The van der Waals surface area contributed by atoms with Gasteiger partial charge in [0.05, 0.1) is 0 Å².